The van der Waals surface area contributed by atoms with Crippen molar-refractivity contribution >= 4 is 21.8 Å². The summed E-state index contributed by atoms with van der Waals surface area (Å²) < 4.78 is 24.0. The smallest absolute Gasteiger partial charge is 0.356 e. The van der Waals surface area contributed by atoms with Gasteiger partial charge >= 0.3 is 12.0 Å². The first-order chi connectivity index (χ1) is 9.85. The molecule has 2 heterocycles. The summed E-state index contributed by atoms with van der Waals surface area (Å²) in [6.07, 6.45) is 3.16. The molecule has 1 aliphatic rings. The third-order valence-corrected chi connectivity index (χ3v) is 4.84. The summed E-state index contributed by atoms with van der Waals surface area (Å²) in [6, 6.07) is -0.780. The van der Waals surface area contributed by atoms with Crippen molar-refractivity contribution in [2.75, 3.05) is 18.1 Å². The van der Waals surface area contributed by atoms with Crippen molar-refractivity contribution in [3.8, 4) is 0 Å². The van der Waals surface area contributed by atoms with E-state index in [1.54, 1.807) is 4.57 Å². The minimum atomic E-state index is -3.02. The molecule has 0 spiro atoms. The molecule has 1 aromatic rings. The molecule has 21 heavy (non-hydrogen) atoms. The number of carboxylic acid groups (broad SMARTS) is 1. The van der Waals surface area contributed by atoms with Crippen LogP contribution in [0.5, 0.6) is 0 Å². The lowest BCUT2D eigenvalue weighted by Gasteiger charge is -2.12. The molecule has 1 atom stereocenters. The molecule has 0 aliphatic carbocycles. The van der Waals surface area contributed by atoms with Crippen molar-refractivity contribution in [3.05, 3.63) is 18.2 Å². The second-order valence-electron chi connectivity index (χ2n) is 4.80. The lowest BCUT2D eigenvalue weighted by Crippen LogP contribution is -2.43. The highest BCUT2D eigenvalue weighted by Gasteiger charge is 2.28. The van der Waals surface area contributed by atoms with Crippen LogP contribution >= 0.6 is 0 Å². The number of carbonyl (C=O) groups excluding carboxylic acids is 1. The topological polar surface area (TPSA) is 130 Å². The summed E-state index contributed by atoms with van der Waals surface area (Å²) in [4.78, 5) is 25.9. The van der Waals surface area contributed by atoms with Crippen molar-refractivity contribution in [3.63, 3.8) is 0 Å². The van der Waals surface area contributed by atoms with Gasteiger partial charge in [-0.05, 0) is 6.42 Å². The maximum Gasteiger partial charge on any atom is 0.356 e. The van der Waals surface area contributed by atoms with E-state index in [0.29, 0.717) is 13.0 Å². The summed E-state index contributed by atoms with van der Waals surface area (Å²) in [5, 5.41) is 13.9. The van der Waals surface area contributed by atoms with Crippen molar-refractivity contribution in [1.29, 1.82) is 0 Å². The maximum atomic E-state index is 11.6. The minimum absolute atomic E-state index is 0.0239. The van der Waals surface area contributed by atoms with Gasteiger partial charge in [0.15, 0.2) is 15.5 Å². The fourth-order valence-electron chi connectivity index (χ4n) is 2.04. The number of urea groups is 1. The number of carboxylic acids is 1. The standard InChI is InChI=1S/C11H16N4O5S/c16-10(17)9-5-15(7-13-9)3-2-12-11(18)14-8-1-4-21(19,20)6-8/h5,7-8H,1-4,6H2,(H,16,17)(H2,12,14,18). The first kappa shape index (κ1) is 15.3. The second-order valence-corrected chi connectivity index (χ2v) is 7.03. The Morgan fingerprint density at radius 3 is 2.81 bits per heavy atom. The number of imidazole rings is 1. The molecule has 0 saturated carbocycles. The van der Waals surface area contributed by atoms with Gasteiger partial charge in [-0.2, -0.15) is 0 Å². The van der Waals surface area contributed by atoms with Gasteiger partial charge in [0.05, 0.1) is 17.8 Å². The Balaban J connectivity index is 1.70. The molecular weight excluding hydrogens is 300 g/mol. The SMILES string of the molecule is O=C(NCCn1cnc(C(=O)O)c1)NC1CCS(=O)(=O)C1. The largest absolute Gasteiger partial charge is 0.476 e. The van der Waals surface area contributed by atoms with Gasteiger partial charge < -0.3 is 20.3 Å². The number of nitrogens with one attached hydrogen (secondary N) is 2. The average Bonchev–Trinajstić information content (AvgIpc) is 2.96. The highest BCUT2D eigenvalue weighted by molar-refractivity contribution is 7.91. The van der Waals surface area contributed by atoms with Gasteiger partial charge in [0.2, 0.25) is 0 Å². The Hall–Kier alpha value is -2.10. The zero-order chi connectivity index (χ0) is 15.5. The number of aromatic nitrogens is 2. The minimum Gasteiger partial charge on any atom is -0.476 e. The molecule has 0 aromatic carbocycles. The average molecular weight is 316 g/mol. The van der Waals surface area contributed by atoms with Crippen molar-refractivity contribution in [2.45, 2.75) is 19.0 Å². The lowest BCUT2D eigenvalue weighted by molar-refractivity contribution is 0.0691. The first-order valence-electron chi connectivity index (χ1n) is 6.35. The summed E-state index contributed by atoms with van der Waals surface area (Å²) >= 11 is 0. The van der Waals surface area contributed by atoms with Crippen LogP contribution in [-0.4, -0.2) is 59.2 Å². The highest BCUT2D eigenvalue weighted by Crippen LogP contribution is 2.10. The molecule has 1 unspecified atom stereocenters. The summed E-state index contributed by atoms with van der Waals surface area (Å²) in [7, 11) is -3.02. The normalized spacial score (nSPS) is 20.1. The number of rotatable bonds is 5. The molecule has 0 radical (unpaired) electrons. The number of hydrogen-bond donors (Lipinski definition) is 3. The van der Waals surface area contributed by atoms with E-state index in [1.807, 2.05) is 0 Å². The Bertz CT molecular complexity index is 639. The van der Waals surface area contributed by atoms with E-state index < -0.39 is 21.8 Å². The van der Waals surface area contributed by atoms with Crippen LogP contribution in [0, 0.1) is 0 Å². The van der Waals surface area contributed by atoms with E-state index in [2.05, 4.69) is 15.6 Å². The fraction of sp³-hybridized carbons (Fsp3) is 0.545. The van der Waals surface area contributed by atoms with Gasteiger partial charge in [-0.1, -0.05) is 0 Å². The molecule has 1 fully saturated rings. The molecule has 2 rings (SSSR count). The Kier molecular flexibility index (Phi) is 4.46. The Morgan fingerprint density at radius 1 is 1.48 bits per heavy atom. The summed E-state index contributed by atoms with van der Waals surface area (Å²) in [5.74, 6) is -1.03. The fourth-order valence-corrected chi connectivity index (χ4v) is 3.71. The molecule has 0 bridgehead atoms. The third kappa shape index (κ3) is 4.45. The van der Waals surface area contributed by atoms with E-state index >= 15 is 0 Å². The molecule has 10 heteroatoms. The molecule has 116 valence electrons. The van der Waals surface area contributed by atoms with Crippen LogP contribution in [0.25, 0.3) is 0 Å². The number of sulfone groups is 1. The predicted octanol–water partition coefficient (Wildman–Crippen LogP) is -0.932. The second kappa shape index (κ2) is 6.12. The monoisotopic (exact) mass is 316 g/mol. The van der Waals surface area contributed by atoms with Gasteiger partial charge in [0.25, 0.3) is 0 Å². The highest BCUT2D eigenvalue weighted by atomic mass is 32.2. The molecule has 1 aromatic heterocycles. The van der Waals surface area contributed by atoms with Gasteiger partial charge in [-0.25, -0.2) is 23.0 Å². The number of aromatic carboxylic acids is 1. The molecule has 3 N–H and O–H groups in total. The molecule has 1 aliphatic heterocycles. The number of carbonyl (C=O) groups is 2. The third-order valence-electron chi connectivity index (χ3n) is 3.08. The molecule has 1 saturated heterocycles. The van der Waals surface area contributed by atoms with Crippen molar-refractivity contribution < 1.29 is 23.1 Å². The van der Waals surface area contributed by atoms with Crippen molar-refractivity contribution in [2.24, 2.45) is 0 Å². The van der Waals surface area contributed by atoms with Crippen molar-refractivity contribution in [1.82, 2.24) is 20.2 Å². The van der Waals surface area contributed by atoms with Crippen LogP contribution in [-0.2, 0) is 16.4 Å². The van der Waals surface area contributed by atoms with Gasteiger partial charge in [0.1, 0.15) is 0 Å². The summed E-state index contributed by atoms with van der Waals surface area (Å²) in [5.41, 5.74) is -0.0596. The first-order valence-corrected chi connectivity index (χ1v) is 8.18. The number of hydrogen-bond acceptors (Lipinski definition) is 5. The zero-order valence-electron chi connectivity index (χ0n) is 11.2. The predicted molar refractivity (Wildman–Crippen MR) is 72.8 cm³/mol. The van der Waals surface area contributed by atoms with Crippen LogP contribution in [0.15, 0.2) is 12.5 Å². The van der Waals surface area contributed by atoms with Crippen LogP contribution in [0.4, 0.5) is 4.79 Å². The number of amides is 2. The van der Waals surface area contributed by atoms with Crippen LogP contribution in [0.1, 0.15) is 16.9 Å². The van der Waals surface area contributed by atoms with Crippen LogP contribution in [0.3, 0.4) is 0 Å². The van der Waals surface area contributed by atoms with E-state index in [4.69, 9.17) is 5.11 Å². The lowest BCUT2D eigenvalue weighted by atomic mass is 10.3. The summed E-state index contributed by atoms with van der Waals surface area (Å²) in [6.45, 7) is 0.650. The Morgan fingerprint density at radius 2 is 2.24 bits per heavy atom. The molecule has 2 amide bonds. The number of nitrogens with zero attached hydrogens (tertiary/aromatic N) is 2. The van der Waals surface area contributed by atoms with E-state index in [0.717, 1.165) is 0 Å². The Labute approximate surface area is 121 Å². The zero-order valence-corrected chi connectivity index (χ0v) is 12.0. The maximum absolute atomic E-state index is 11.6. The van der Waals surface area contributed by atoms with Gasteiger partial charge in [-0.3, -0.25) is 0 Å². The van der Waals surface area contributed by atoms with E-state index in [-0.39, 0.29) is 29.8 Å². The van der Waals surface area contributed by atoms with E-state index in [9.17, 15) is 18.0 Å². The van der Waals surface area contributed by atoms with Crippen LogP contribution < -0.4 is 10.6 Å². The van der Waals surface area contributed by atoms with Crippen LogP contribution in [0.2, 0.25) is 0 Å². The van der Waals surface area contributed by atoms with Gasteiger partial charge in [-0.15, -0.1) is 0 Å². The van der Waals surface area contributed by atoms with E-state index in [1.165, 1.54) is 12.5 Å². The molecular formula is C11H16N4O5S. The molecule has 9 nitrogen and oxygen atoms in total. The quantitative estimate of drug-likeness (QED) is 0.643. The van der Waals surface area contributed by atoms with Gasteiger partial charge in [0, 0.05) is 25.3 Å².